The van der Waals surface area contributed by atoms with Gasteiger partial charge in [-0.1, -0.05) is 34.6 Å². The fourth-order valence-electron chi connectivity index (χ4n) is 13.3. The van der Waals surface area contributed by atoms with Crippen LogP contribution in [0.15, 0.2) is 4.99 Å². The molecule has 7 nitrogen and oxygen atoms in total. The van der Waals surface area contributed by atoms with Crippen molar-refractivity contribution >= 4 is 11.9 Å². The molecule has 7 heteroatoms. The number of hydrogen-bond donors (Lipinski definition) is 2. The first-order valence-corrected chi connectivity index (χ1v) is 16.4. The summed E-state index contributed by atoms with van der Waals surface area (Å²) in [6.45, 7) is 18.7. The Bertz CT molecular complexity index is 1190. The third-order valence-electron chi connectivity index (χ3n) is 14.8. The van der Waals surface area contributed by atoms with Crippen LogP contribution in [0.5, 0.6) is 0 Å². The minimum atomic E-state index is -1.26. The van der Waals surface area contributed by atoms with E-state index in [9.17, 15) is 15.0 Å². The smallest absolute Gasteiger partial charge is 0.303 e. The molecule has 0 bridgehead atoms. The van der Waals surface area contributed by atoms with E-state index in [-0.39, 0.29) is 40.3 Å². The molecule has 0 amide bonds. The lowest BCUT2D eigenvalue weighted by Crippen LogP contribution is -2.60. The first-order valence-electron chi connectivity index (χ1n) is 16.4. The Labute approximate surface area is 246 Å². The SMILES string of the molecule is CC(=O)O[C@@H](C1C[C@@H](C)[C@H]2C3(N=C(C)OC3[C@@]3(C)C4CC[C@H]5C(C)(C)[C@@H](O)CC[C@@]56C[C@@]46CC[C@]23C)O1)C(C)(C)O. The van der Waals surface area contributed by atoms with Gasteiger partial charge in [0.05, 0.1) is 11.7 Å². The molecule has 13 atom stereocenters. The molecule has 0 radical (unpaired) electrons. The molecule has 5 aliphatic carbocycles. The van der Waals surface area contributed by atoms with Gasteiger partial charge in [-0.05, 0) is 105 Å². The fraction of sp³-hybridized carbons (Fsp3) is 0.941. The maximum absolute atomic E-state index is 12.2. The van der Waals surface area contributed by atoms with Crippen LogP contribution in [0, 0.1) is 50.7 Å². The lowest BCUT2D eigenvalue weighted by molar-refractivity contribution is -0.247. The Morgan fingerprint density at radius 1 is 1.07 bits per heavy atom. The lowest BCUT2D eigenvalue weighted by atomic mass is 9.41. The van der Waals surface area contributed by atoms with E-state index in [1.807, 2.05) is 6.92 Å². The zero-order chi connectivity index (χ0) is 29.8. The zero-order valence-corrected chi connectivity index (χ0v) is 26.8. The van der Waals surface area contributed by atoms with Gasteiger partial charge in [-0.25, -0.2) is 4.99 Å². The molecule has 7 rings (SSSR count). The Kier molecular flexibility index (Phi) is 5.64. The van der Waals surface area contributed by atoms with Crippen LogP contribution in [-0.4, -0.2) is 57.8 Å². The first kappa shape index (κ1) is 28.6. The van der Waals surface area contributed by atoms with Crippen LogP contribution in [-0.2, 0) is 19.0 Å². The molecule has 2 aliphatic heterocycles. The normalized spacial score (nSPS) is 55.1. The summed E-state index contributed by atoms with van der Waals surface area (Å²) in [7, 11) is 0. The molecule has 3 spiro atoms. The molecular weight excluding hydrogens is 518 g/mol. The van der Waals surface area contributed by atoms with Gasteiger partial charge in [0.1, 0.15) is 6.10 Å². The van der Waals surface area contributed by atoms with Crippen molar-refractivity contribution in [3.63, 3.8) is 0 Å². The highest BCUT2D eigenvalue weighted by molar-refractivity contribution is 5.76. The van der Waals surface area contributed by atoms with E-state index in [2.05, 4.69) is 34.6 Å². The summed E-state index contributed by atoms with van der Waals surface area (Å²) in [5.74, 6) is 1.78. The summed E-state index contributed by atoms with van der Waals surface area (Å²) in [6, 6.07) is 0. The van der Waals surface area contributed by atoms with Crippen molar-refractivity contribution in [1.82, 2.24) is 0 Å². The fourth-order valence-corrected chi connectivity index (χ4v) is 13.3. The summed E-state index contributed by atoms with van der Waals surface area (Å²) >= 11 is 0. The van der Waals surface area contributed by atoms with Crippen LogP contribution in [0.1, 0.15) is 114 Å². The highest BCUT2D eigenvalue weighted by atomic mass is 16.6. The van der Waals surface area contributed by atoms with Crippen LogP contribution in [0.3, 0.4) is 0 Å². The van der Waals surface area contributed by atoms with Gasteiger partial charge in [0.2, 0.25) is 5.72 Å². The number of aliphatic hydroxyl groups is 2. The second-order valence-electron chi connectivity index (χ2n) is 17.2. The predicted molar refractivity (Wildman–Crippen MR) is 155 cm³/mol. The number of hydrogen-bond acceptors (Lipinski definition) is 7. The van der Waals surface area contributed by atoms with Gasteiger partial charge in [0.15, 0.2) is 18.1 Å². The van der Waals surface area contributed by atoms with Gasteiger partial charge in [0.25, 0.3) is 0 Å². The molecule has 1 saturated heterocycles. The number of ether oxygens (including phenoxy) is 3. The van der Waals surface area contributed by atoms with Crippen molar-refractivity contribution in [1.29, 1.82) is 0 Å². The van der Waals surface area contributed by atoms with E-state index in [0.29, 0.717) is 35.0 Å². The number of fused-ring (bicyclic) bond motifs is 4. The highest BCUT2D eigenvalue weighted by Gasteiger charge is 2.88. The molecular formula is C34H53NO6. The molecule has 0 aromatic carbocycles. The van der Waals surface area contributed by atoms with Crippen LogP contribution in [0.2, 0.25) is 0 Å². The van der Waals surface area contributed by atoms with Crippen LogP contribution in [0.4, 0.5) is 0 Å². The van der Waals surface area contributed by atoms with E-state index < -0.39 is 29.5 Å². The number of nitrogens with zero attached hydrogens (tertiary/aromatic N) is 1. The minimum Gasteiger partial charge on any atom is -0.472 e. The maximum Gasteiger partial charge on any atom is 0.303 e. The average molecular weight is 572 g/mol. The summed E-state index contributed by atoms with van der Waals surface area (Å²) < 4.78 is 19.8. The van der Waals surface area contributed by atoms with Crippen molar-refractivity contribution < 1.29 is 29.2 Å². The molecule has 4 unspecified atom stereocenters. The van der Waals surface area contributed by atoms with Crippen molar-refractivity contribution in [2.24, 2.45) is 55.7 Å². The molecule has 7 aliphatic rings. The van der Waals surface area contributed by atoms with E-state index >= 15 is 0 Å². The molecule has 0 aromatic heterocycles. The number of carbonyl (C=O) groups excluding carboxylic acids is 1. The molecule has 0 aromatic rings. The van der Waals surface area contributed by atoms with E-state index in [0.717, 1.165) is 25.7 Å². The lowest BCUT2D eigenvalue weighted by Gasteiger charge is -2.63. The number of rotatable bonds is 3. The van der Waals surface area contributed by atoms with Gasteiger partial charge < -0.3 is 24.4 Å². The monoisotopic (exact) mass is 571 g/mol. The Hall–Kier alpha value is -1.18. The van der Waals surface area contributed by atoms with E-state index in [1.165, 1.54) is 26.2 Å². The number of esters is 1. The Morgan fingerprint density at radius 2 is 1.73 bits per heavy atom. The summed E-state index contributed by atoms with van der Waals surface area (Å²) in [5, 5.41) is 22.2. The first-order chi connectivity index (χ1) is 18.9. The highest BCUT2D eigenvalue weighted by Crippen LogP contribution is 2.90. The van der Waals surface area contributed by atoms with Crippen molar-refractivity contribution in [3.05, 3.63) is 0 Å². The molecule has 6 fully saturated rings. The summed E-state index contributed by atoms with van der Waals surface area (Å²) in [6.07, 6.45) is 7.06. The third kappa shape index (κ3) is 3.17. The zero-order valence-electron chi connectivity index (χ0n) is 26.8. The standard InChI is InChI=1S/C34H53NO6/c1-18-16-21(26(29(6,7)38)40-20(3)36)41-34-25(18)30(8)14-15-33-17-32(33)13-12-24(37)28(4,5)22(32)10-11-23(33)31(30,9)27(34)39-19(2)35-34/h18,21-27,37-38H,10-17H2,1-9H3/t18-,21?,22+,23?,24+,25-,26+,27?,30-,31-,32-,33+,34?/m1/s1. The second-order valence-corrected chi connectivity index (χ2v) is 17.2. The third-order valence-corrected chi connectivity index (χ3v) is 14.8. The molecule has 2 heterocycles. The maximum atomic E-state index is 12.2. The molecule has 2 N–H and O–H groups in total. The van der Waals surface area contributed by atoms with Gasteiger partial charge in [-0.3, -0.25) is 4.79 Å². The van der Waals surface area contributed by atoms with Gasteiger partial charge in [0, 0.05) is 25.2 Å². The quantitative estimate of drug-likeness (QED) is 0.425. The largest absolute Gasteiger partial charge is 0.472 e. The van der Waals surface area contributed by atoms with Gasteiger partial charge in [-0.15, -0.1) is 0 Å². The summed E-state index contributed by atoms with van der Waals surface area (Å²) in [4.78, 5) is 17.4. The van der Waals surface area contributed by atoms with Crippen molar-refractivity contribution in [2.75, 3.05) is 0 Å². The van der Waals surface area contributed by atoms with Crippen molar-refractivity contribution in [2.45, 2.75) is 149 Å². The van der Waals surface area contributed by atoms with Gasteiger partial charge >= 0.3 is 5.97 Å². The molecule has 230 valence electrons. The van der Waals surface area contributed by atoms with E-state index in [4.69, 9.17) is 19.2 Å². The Balaban J connectivity index is 1.31. The molecule has 41 heavy (non-hydrogen) atoms. The van der Waals surface area contributed by atoms with E-state index in [1.54, 1.807) is 13.8 Å². The minimum absolute atomic E-state index is 0.0197. The van der Waals surface area contributed by atoms with Gasteiger partial charge in [-0.2, -0.15) is 0 Å². The number of carbonyl (C=O) groups is 1. The molecule has 5 saturated carbocycles. The summed E-state index contributed by atoms with van der Waals surface area (Å²) in [5.41, 5.74) is -1.69. The van der Waals surface area contributed by atoms with Crippen LogP contribution < -0.4 is 0 Å². The van der Waals surface area contributed by atoms with Crippen LogP contribution in [0.25, 0.3) is 0 Å². The van der Waals surface area contributed by atoms with Crippen molar-refractivity contribution in [3.8, 4) is 0 Å². The topological polar surface area (TPSA) is 97.6 Å². The Morgan fingerprint density at radius 3 is 2.39 bits per heavy atom. The van der Waals surface area contributed by atoms with Crippen LogP contribution >= 0.6 is 0 Å². The number of aliphatic hydroxyl groups excluding tert-OH is 1. The number of aliphatic imine (C=N–C) groups is 1. The second kappa shape index (κ2) is 8.10. The average Bonchev–Trinajstić information content (AvgIpc) is 3.36. The predicted octanol–water partition coefficient (Wildman–Crippen LogP) is 5.65.